The molecule has 0 saturated carbocycles. The Labute approximate surface area is 197 Å². The molecular formula is C22H25Cl3N2O2S. The Morgan fingerprint density at radius 2 is 1.60 bits per heavy atom. The summed E-state index contributed by atoms with van der Waals surface area (Å²) in [7, 11) is 0. The largest absolute Gasteiger partial charge is 0.352 e. The van der Waals surface area contributed by atoms with Crippen LogP contribution in [0.15, 0.2) is 42.5 Å². The first-order valence-electron chi connectivity index (χ1n) is 9.54. The monoisotopic (exact) mass is 486 g/mol. The van der Waals surface area contributed by atoms with Gasteiger partial charge < -0.3 is 10.2 Å². The van der Waals surface area contributed by atoms with E-state index in [4.69, 9.17) is 34.8 Å². The lowest BCUT2D eigenvalue weighted by atomic mass is 10.1. The zero-order valence-electron chi connectivity index (χ0n) is 17.1. The van der Waals surface area contributed by atoms with Crippen molar-refractivity contribution in [2.24, 2.45) is 0 Å². The highest BCUT2D eigenvalue weighted by Gasteiger charge is 2.27. The predicted octanol–water partition coefficient (Wildman–Crippen LogP) is 5.82. The molecule has 2 rings (SSSR count). The SMILES string of the molecule is CC(C)NC(=O)[C@H](C)N(Cc1c(Cl)cccc1Cl)C(=O)CSCc1ccc(Cl)cc1. The molecule has 0 fully saturated rings. The highest BCUT2D eigenvalue weighted by Crippen LogP contribution is 2.27. The van der Waals surface area contributed by atoms with Crippen LogP contribution in [0.4, 0.5) is 0 Å². The number of nitrogens with one attached hydrogen (secondary N) is 1. The van der Waals surface area contributed by atoms with Gasteiger partial charge >= 0.3 is 0 Å². The summed E-state index contributed by atoms with van der Waals surface area (Å²) in [5.74, 6) is 0.515. The van der Waals surface area contributed by atoms with Gasteiger partial charge in [0.25, 0.3) is 0 Å². The van der Waals surface area contributed by atoms with Crippen molar-refractivity contribution in [3.8, 4) is 0 Å². The van der Waals surface area contributed by atoms with E-state index in [0.29, 0.717) is 26.4 Å². The molecule has 4 nitrogen and oxygen atoms in total. The molecule has 0 saturated heterocycles. The van der Waals surface area contributed by atoms with E-state index >= 15 is 0 Å². The van der Waals surface area contributed by atoms with Crippen LogP contribution in [0.25, 0.3) is 0 Å². The molecule has 0 aliphatic rings. The summed E-state index contributed by atoms with van der Waals surface area (Å²) < 4.78 is 0. The van der Waals surface area contributed by atoms with E-state index < -0.39 is 6.04 Å². The maximum atomic E-state index is 13.1. The first-order chi connectivity index (χ1) is 14.2. The normalized spacial score (nSPS) is 12.0. The fourth-order valence-electron chi connectivity index (χ4n) is 2.76. The number of halogens is 3. The molecule has 0 bridgehead atoms. The Morgan fingerprint density at radius 3 is 2.17 bits per heavy atom. The molecule has 0 spiro atoms. The molecule has 8 heteroatoms. The predicted molar refractivity (Wildman–Crippen MR) is 127 cm³/mol. The number of hydrogen-bond donors (Lipinski definition) is 1. The van der Waals surface area contributed by atoms with Gasteiger partial charge in [-0.05, 0) is 50.6 Å². The summed E-state index contributed by atoms with van der Waals surface area (Å²) >= 11 is 20.0. The number of thioether (sulfide) groups is 1. The summed E-state index contributed by atoms with van der Waals surface area (Å²) in [5, 5.41) is 4.46. The summed E-state index contributed by atoms with van der Waals surface area (Å²) in [6, 6.07) is 12.0. The fourth-order valence-corrected chi connectivity index (χ4v) is 4.27. The van der Waals surface area contributed by atoms with Gasteiger partial charge in [0.2, 0.25) is 11.8 Å². The molecule has 0 aromatic heterocycles. The minimum atomic E-state index is -0.664. The summed E-state index contributed by atoms with van der Waals surface area (Å²) in [6.45, 7) is 5.63. The van der Waals surface area contributed by atoms with E-state index in [1.807, 2.05) is 38.1 Å². The zero-order valence-corrected chi connectivity index (χ0v) is 20.2. The van der Waals surface area contributed by atoms with E-state index in [1.165, 1.54) is 16.7 Å². The third-order valence-corrected chi connectivity index (χ3v) is 6.34. The van der Waals surface area contributed by atoms with Crippen LogP contribution in [-0.4, -0.2) is 34.6 Å². The number of rotatable bonds is 9. The highest BCUT2D eigenvalue weighted by atomic mass is 35.5. The lowest BCUT2D eigenvalue weighted by Crippen LogP contribution is -2.49. The van der Waals surface area contributed by atoms with E-state index in [-0.39, 0.29) is 30.2 Å². The van der Waals surface area contributed by atoms with Crippen molar-refractivity contribution in [3.63, 3.8) is 0 Å². The molecule has 2 aromatic rings. The smallest absolute Gasteiger partial charge is 0.242 e. The molecule has 30 heavy (non-hydrogen) atoms. The Morgan fingerprint density at radius 1 is 1.00 bits per heavy atom. The van der Waals surface area contributed by atoms with Gasteiger partial charge in [-0.1, -0.05) is 53.0 Å². The minimum Gasteiger partial charge on any atom is -0.352 e. The number of hydrogen-bond acceptors (Lipinski definition) is 3. The van der Waals surface area contributed by atoms with Crippen molar-refractivity contribution in [1.29, 1.82) is 0 Å². The van der Waals surface area contributed by atoms with Gasteiger partial charge in [0, 0.05) is 39.0 Å². The molecule has 1 atom stereocenters. The molecule has 0 aliphatic carbocycles. The van der Waals surface area contributed by atoms with Crippen molar-refractivity contribution in [3.05, 3.63) is 68.7 Å². The van der Waals surface area contributed by atoms with Gasteiger partial charge in [-0.15, -0.1) is 11.8 Å². The van der Waals surface area contributed by atoms with Gasteiger partial charge in [-0.3, -0.25) is 9.59 Å². The molecule has 1 N–H and O–H groups in total. The Bertz CT molecular complexity index is 855. The van der Waals surface area contributed by atoms with Gasteiger partial charge in [-0.25, -0.2) is 0 Å². The Kier molecular flexibility index (Phi) is 9.82. The van der Waals surface area contributed by atoms with Gasteiger partial charge in [0.1, 0.15) is 6.04 Å². The van der Waals surface area contributed by atoms with Crippen LogP contribution in [0.3, 0.4) is 0 Å². The number of amides is 2. The molecule has 2 aromatic carbocycles. The third-order valence-electron chi connectivity index (χ3n) is 4.40. The molecule has 0 aliphatic heterocycles. The van der Waals surface area contributed by atoms with Crippen LogP contribution in [0.2, 0.25) is 15.1 Å². The number of carbonyl (C=O) groups excluding carboxylic acids is 2. The maximum absolute atomic E-state index is 13.1. The first kappa shape index (κ1) is 24.9. The van der Waals surface area contributed by atoms with Crippen molar-refractivity contribution in [2.75, 3.05) is 5.75 Å². The fraction of sp³-hybridized carbons (Fsp3) is 0.364. The minimum absolute atomic E-state index is 0.0277. The summed E-state index contributed by atoms with van der Waals surface area (Å²) in [6.07, 6.45) is 0. The van der Waals surface area contributed by atoms with Crippen LogP contribution in [-0.2, 0) is 21.9 Å². The van der Waals surface area contributed by atoms with Gasteiger partial charge in [-0.2, -0.15) is 0 Å². The van der Waals surface area contributed by atoms with Gasteiger partial charge in [0.15, 0.2) is 0 Å². The quantitative estimate of drug-likeness (QED) is 0.485. The van der Waals surface area contributed by atoms with Crippen LogP contribution in [0, 0.1) is 0 Å². The maximum Gasteiger partial charge on any atom is 0.242 e. The zero-order chi connectivity index (χ0) is 22.3. The second-order valence-corrected chi connectivity index (χ2v) is 9.42. The van der Waals surface area contributed by atoms with Crippen molar-refractivity contribution in [2.45, 2.75) is 45.2 Å². The number of benzene rings is 2. The van der Waals surface area contributed by atoms with Crippen molar-refractivity contribution < 1.29 is 9.59 Å². The van der Waals surface area contributed by atoms with Crippen molar-refractivity contribution in [1.82, 2.24) is 10.2 Å². The van der Waals surface area contributed by atoms with Crippen LogP contribution in [0.5, 0.6) is 0 Å². The van der Waals surface area contributed by atoms with E-state index in [1.54, 1.807) is 25.1 Å². The van der Waals surface area contributed by atoms with Crippen LogP contribution in [0.1, 0.15) is 31.9 Å². The summed E-state index contributed by atoms with van der Waals surface area (Å²) in [5.41, 5.74) is 1.70. The van der Waals surface area contributed by atoms with E-state index in [9.17, 15) is 9.59 Å². The lowest BCUT2D eigenvalue weighted by Gasteiger charge is -2.30. The van der Waals surface area contributed by atoms with Crippen LogP contribution < -0.4 is 5.32 Å². The van der Waals surface area contributed by atoms with Crippen molar-refractivity contribution >= 4 is 58.4 Å². The average molecular weight is 488 g/mol. The molecular weight excluding hydrogens is 463 g/mol. The van der Waals surface area contributed by atoms with E-state index in [2.05, 4.69) is 5.32 Å². The molecule has 0 heterocycles. The lowest BCUT2D eigenvalue weighted by molar-refractivity contribution is -0.138. The first-order valence-corrected chi connectivity index (χ1v) is 11.8. The summed E-state index contributed by atoms with van der Waals surface area (Å²) in [4.78, 5) is 27.2. The third kappa shape index (κ3) is 7.38. The Balaban J connectivity index is 2.13. The highest BCUT2D eigenvalue weighted by molar-refractivity contribution is 7.99. The number of nitrogens with zero attached hydrogens (tertiary/aromatic N) is 1. The second kappa shape index (κ2) is 11.8. The van der Waals surface area contributed by atoms with Gasteiger partial charge in [0.05, 0.1) is 5.75 Å². The molecule has 2 amide bonds. The van der Waals surface area contributed by atoms with E-state index in [0.717, 1.165) is 5.56 Å². The van der Waals surface area contributed by atoms with Crippen LogP contribution >= 0.6 is 46.6 Å². The molecule has 162 valence electrons. The second-order valence-electron chi connectivity index (χ2n) is 7.18. The number of carbonyl (C=O) groups is 2. The topological polar surface area (TPSA) is 49.4 Å². The standard InChI is InChI=1S/C22H25Cl3N2O2S/c1-14(2)26-22(29)15(3)27(11-18-19(24)5-4-6-20(18)25)21(28)13-30-12-16-7-9-17(23)10-8-16/h4-10,14-15H,11-13H2,1-3H3,(H,26,29)/t15-/m0/s1. The molecule has 0 radical (unpaired) electrons. The molecule has 0 unspecified atom stereocenters. The average Bonchev–Trinajstić information content (AvgIpc) is 2.68. The Hall–Kier alpha value is -1.40.